The number of anilines is 1. The van der Waals surface area contributed by atoms with Gasteiger partial charge in [0.15, 0.2) is 12.4 Å². The molecular weight excluding hydrogens is 825 g/mol. The van der Waals surface area contributed by atoms with Crippen LogP contribution in [0.4, 0.5) is 10.1 Å². The first kappa shape index (κ1) is 45.8. The van der Waals surface area contributed by atoms with Gasteiger partial charge in [0.2, 0.25) is 5.91 Å². The maximum Gasteiger partial charge on any atom is 0.359 e. The molecule has 0 unspecified atom stereocenters. The Kier molecular flexibility index (Phi) is 14.8. The number of carbonyl (C=O) groups is 5. The number of aliphatic carboxylic acids is 1. The molecule has 62 heavy (non-hydrogen) atoms. The van der Waals surface area contributed by atoms with E-state index in [1.165, 1.54) is 12.3 Å². The lowest BCUT2D eigenvalue weighted by atomic mass is 9.90. The van der Waals surface area contributed by atoms with E-state index in [1.54, 1.807) is 59.6 Å². The average Bonchev–Trinajstić information content (AvgIpc) is 3.80. The first-order valence-corrected chi connectivity index (χ1v) is 20.9. The zero-order valence-corrected chi connectivity index (χ0v) is 36.1. The highest BCUT2D eigenvalue weighted by Crippen LogP contribution is 2.34. The molecule has 7 rings (SSSR count). The van der Waals surface area contributed by atoms with E-state index in [9.17, 15) is 24.3 Å². The van der Waals surface area contributed by atoms with E-state index in [2.05, 4.69) is 20.7 Å². The third-order valence-corrected chi connectivity index (χ3v) is 12.6. The molecule has 0 saturated carbocycles. The molecule has 3 aliphatic rings. The number of likely N-dealkylation sites (tertiary alicyclic amines) is 1. The van der Waals surface area contributed by atoms with Crippen LogP contribution in [0.1, 0.15) is 45.1 Å². The normalized spacial score (nSPS) is 19.0. The molecule has 3 saturated heterocycles. The topological polar surface area (TPSA) is 204 Å². The van der Waals surface area contributed by atoms with Crippen molar-refractivity contribution >= 4 is 47.5 Å². The zero-order valence-electron chi connectivity index (χ0n) is 35.4. The second kappa shape index (κ2) is 20.0. The number of hydrogen-bond donors (Lipinski definition) is 3. The molecule has 17 nitrogen and oxygen atoms in total. The maximum absolute atomic E-state index is 15.9. The van der Waals surface area contributed by atoms with Gasteiger partial charge in [0.1, 0.15) is 5.82 Å². The Morgan fingerprint density at radius 1 is 1.03 bits per heavy atom. The van der Waals surface area contributed by atoms with E-state index < -0.39 is 18.3 Å². The number of quaternary nitrogens is 1. The SMILES string of the molecule is COCCn1ncc(-c2ccc(-c3cnc(C(=O)Nc4ccc(C(=O)N5CCN(C(=O)C6CC[N+](CC(=O)O)(CC7CNC7)CC6)CC5)c(Cl)c4)n3C)c(C)c2F)c1C.O=C[O-]. The lowest BCUT2D eigenvalue weighted by molar-refractivity contribution is -0.929. The molecule has 19 heteroatoms. The number of piperazine rings is 1. The second-order valence-corrected chi connectivity index (χ2v) is 16.6. The Morgan fingerprint density at radius 3 is 2.31 bits per heavy atom. The maximum atomic E-state index is 15.9. The van der Waals surface area contributed by atoms with E-state index in [0.717, 1.165) is 25.3 Å². The number of aromatic nitrogens is 4. The zero-order chi connectivity index (χ0) is 44.7. The van der Waals surface area contributed by atoms with Crippen molar-refractivity contribution < 1.29 is 47.8 Å². The molecule has 2 aromatic heterocycles. The molecule has 3 aliphatic heterocycles. The summed E-state index contributed by atoms with van der Waals surface area (Å²) in [5, 5.41) is 28.5. The van der Waals surface area contributed by atoms with E-state index in [4.69, 9.17) is 26.2 Å². The number of carboxylic acid groups (broad SMARTS) is 2. The van der Waals surface area contributed by atoms with Crippen molar-refractivity contribution in [3.8, 4) is 22.4 Å². The lowest BCUT2D eigenvalue weighted by Gasteiger charge is -2.46. The van der Waals surface area contributed by atoms with Gasteiger partial charge in [0, 0.05) is 113 Å². The van der Waals surface area contributed by atoms with Gasteiger partial charge in [0.25, 0.3) is 11.8 Å². The smallest absolute Gasteiger partial charge is 0.359 e. The number of ether oxygens (including phenoxy) is 1. The number of imidazole rings is 1. The molecule has 4 aromatic rings. The minimum Gasteiger partial charge on any atom is -0.554 e. The van der Waals surface area contributed by atoms with Crippen molar-refractivity contribution in [2.45, 2.75) is 33.2 Å². The van der Waals surface area contributed by atoms with E-state index in [0.29, 0.717) is 109 Å². The first-order chi connectivity index (χ1) is 29.7. The summed E-state index contributed by atoms with van der Waals surface area (Å²) in [4.78, 5) is 68.3. The van der Waals surface area contributed by atoms with Crippen LogP contribution in [0.5, 0.6) is 0 Å². The van der Waals surface area contributed by atoms with Gasteiger partial charge in [-0.15, -0.1) is 0 Å². The van der Waals surface area contributed by atoms with Crippen molar-refractivity contribution in [3.63, 3.8) is 0 Å². The summed E-state index contributed by atoms with van der Waals surface area (Å²) in [7, 11) is 3.30. The standard InChI is InChI=1S/C42H51ClFN9O6.CH2O2/c1-26-31(7-8-32(38(26)44)34-22-47-52(27(34)2)15-18-59-4)36-23-46-39(49(36)3)40(56)48-30-5-6-33(35(43)19-30)42(58)51-13-11-50(12-14-51)41(57)29-9-16-53(17-10-29,25-37(54)55)24-28-20-45-21-28;2-1-3/h5-8,19,22-23,28-29,45H,9-18,20-21,24-25H2,1-4H3,(H-,48,54,55,56,58);1H,(H,2,3). The van der Waals surface area contributed by atoms with Crippen LogP contribution in [0.25, 0.3) is 22.4 Å². The number of hydrogen-bond acceptors (Lipinski definition) is 10. The molecule has 0 bridgehead atoms. The molecule has 3 amide bonds. The minimum absolute atomic E-state index is 0.0715. The van der Waals surface area contributed by atoms with Crippen molar-refractivity contribution in [2.75, 3.05) is 84.5 Å². The number of methoxy groups -OCH3 is 1. The molecule has 5 heterocycles. The largest absolute Gasteiger partial charge is 0.554 e. The molecule has 3 N–H and O–H groups in total. The summed E-state index contributed by atoms with van der Waals surface area (Å²) >= 11 is 6.62. The van der Waals surface area contributed by atoms with Gasteiger partial charge in [-0.3, -0.25) is 19.1 Å². The van der Waals surface area contributed by atoms with Crippen LogP contribution in [-0.4, -0.2) is 148 Å². The van der Waals surface area contributed by atoms with Crippen molar-refractivity contribution in [3.05, 3.63) is 76.2 Å². The van der Waals surface area contributed by atoms with Crippen LogP contribution in [0.15, 0.2) is 42.7 Å². The summed E-state index contributed by atoms with van der Waals surface area (Å²) in [6, 6.07) is 8.21. The van der Waals surface area contributed by atoms with Crippen molar-refractivity contribution in [2.24, 2.45) is 18.9 Å². The summed E-state index contributed by atoms with van der Waals surface area (Å²) in [5.41, 5.74) is 4.14. The van der Waals surface area contributed by atoms with E-state index >= 15 is 4.39 Å². The van der Waals surface area contributed by atoms with Gasteiger partial charge < -0.3 is 49.2 Å². The monoisotopic (exact) mass is 877 g/mol. The highest BCUT2D eigenvalue weighted by molar-refractivity contribution is 6.34. The second-order valence-electron chi connectivity index (χ2n) is 16.2. The highest BCUT2D eigenvalue weighted by Gasteiger charge is 2.42. The number of nitrogens with one attached hydrogen (secondary N) is 2. The van der Waals surface area contributed by atoms with Crippen LogP contribution in [-0.2, 0) is 32.7 Å². The first-order valence-electron chi connectivity index (χ1n) is 20.6. The third kappa shape index (κ3) is 9.99. The number of piperidine rings is 1. The molecule has 0 radical (unpaired) electrons. The van der Waals surface area contributed by atoms with Gasteiger partial charge in [0.05, 0.1) is 61.5 Å². The molecule has 0 aliphatic carbocycles. The van der Waals surface area contributed by atoms with Crippen LogP contribution >= 0.6 is 11.6 Å². The van der Waals surface area contributed by atoms with Crippen molar-refractivity contribution in [1.82, 2.24) is 34.4 Å². The fourth-order valence-corrected chi connectivity index (χ4v) is 9.01. The Bertz CT molecular complexity index is 2300. The van der Waals surface area contributed by atoms with Crippen LogP contribution < -0.4 is 15.7 Å². The number of halogens is 2. The Balaban J connectivity index is 0.00000208. The van der Waals surface area contributed by atoms with Crippen LogP contribution in [0.2, 0.25) is 5.02 Å². The third-order valence-electron chi connectivity index (χ3n) is 12.3. The minimum atomic E-state index is -0.801. The number of carboxylic acids is 1. The van der Waals surface area contributed by atoms with E-state index in [-0.39, 0.29) is 46.5 Å². The average molecular weight is 878 g/mol. The Morgan fingerprint density at radius 2 is 1.69 bits per heavy atom. The molecule has 3 fully saturated rings. The van der Waals surface area contributed by atoms with Crippen LogP contribution in [0, 0.1) is 31.5 Å². The summed E-state index contributed by atoms with van der Waals surface area (Å²) in [5.74, 6) is -1.47. The summed E-state index contributed by atoms with van der Waals surface area (Å²) in [6.07, 6.45) is 4.49. The van der Waals surface area contributed by atoms with Gasteiger partial charge in [-0.2, -0.15) is 5.10 Å². The number of rotatable bonds is 13. The number of carbonyl (C=O) groups excluding carboxylic acids is 4. The predicted molar refractivity (Wildman–Crippen MR) is 226 cm³/mol. The molecular formula is C43H53ClFN9O8. The van der Waals surface area contributed by atoms with Crippen LogP contribution in [0.3, 0.4) is 0 Å². The van der Waals surface area contributed by atoms with Gasteiger partial charge >= 0.3 is 5.97 Å². The Labute approximate surface area is 364 Å². The lowest BCUT2D eigenvalue weighted by Crippen LogP contribution is -2.62. The quantitative estimate of drug-likeness (QED) is 0.132. The fraction of sp³-hybridized carbons (Fsp3) is 0.465. The predicted octanol–water partition coefficient (Wildman–Crippen LogP) is 2.44. The fourth-order valence-electron chi connectivity index (χ4n) is 8.75. The van der Waals surface area contributed by atoms with Gasteiger partial charge in [-0.1, -0.05) is 23.7 Å². The number of nitrogens with zero attached hydrogens (tertiary/aromatic N) is 7. The van der Waals surface area contributed by atoms with E-state index in [1.807, 2.05) is 17.9 Å². The molecule has 2 aromatic carbocycles. The molecule has 0 atom stereocenters. The highest BCUT2D eigenvalue weighted by atomic mass is 35.5. The van der Waals surface area contributed by atoms with Gasteiger partial charge in [-0.25, -0.2) is 14.2 Å². The van der Waals surface area contributed by atoms with Crippen molar-refractivity contribution in [1.29, 1.82) is 0 Å². The number of benzene rings is 2. The molecule has 332 valence electrons. The molecule has 0 spiro atoms. The van der Waals surface area contributed by atoms with Gasteiger partial charge in [-0.05, 0) is 37.6 Å². The Hall–Kier alpha value is -5.69. The summed E-state index contributed by atoms with van der Waals surface area (Å²) in [6.45, 7) is 9.73. The summed E-state index contributed by atoms with van der Waals surface area (Å²) < 4.78 is 24.9. The number of amides is 3.